The topological polar surface area (TPSA) is 110 Å². The SMILES string of the molecule is COc1nc2c(o1)N(C)C(N)=NC2N1CCN(C(=O)COc2ccc(Cl)cc2)CC1. The lowest BCUT2D eigenvalue weighted by molar-refractivity contribution is -0.135. The van der Waals surface area contributed by atoms with E-state index in [1.54, 1.807) is 41.1 Å². The highest BCUT2D eigenvalue weighted by Gasteiger charge is 2.36. The maximum atomic E-state index is 12.5. The highest BCUT2D eigenvalue weighted by molar-refractivity contribution is 6.30. The third-order valence-corrected chi connectivity index (χ3v) is 5.38. The van der Waals surface area contributed by atoms with Crippen molar-refractivity contribution in [3.8, 4) is 11.8 Å². The van der Waals surface area contributed by atoms with Crippen LogP contribution in [-0.2, 0) is 4.79 Å². The molecule has 0 aliphatic carbocycles. The summed E-state index contributed by atoms with van der Waals surface area (Å²) in [5, 5.41) is 0.620. The number of hydrogen-bond acceptors (Lipinski definition) is 9. The Bertz CT molecular complexity index is 939. The number of amides is 1. The highest BCUT2D eigenvalue weighted by Crippen LogP contribution is 2.37. The van der Waals surface area contributed by atoms with E-state index in [0.29, 0.717) is 54.5 Å². The van der Waals surface area contributed by atoms with E-state index in [1.807, 2.05) is 0 Å². The van der Waals surface area contributed by atoms with Crippen molar-refractivity contribution in [3.05, 3.63) is 35.0 Å². The van der Waals surface area contributed by atoms with Crippen LogP contribution in [0.3, 0.4) is 0 Å². The van der Waals surface area contributed by atoms with Gasteiger partial charge in [-0.3, -0.25) is 14.6 Å². The Labute approximate surface area is 178 Å². The number of anilines is 1. The summed E-state index contributed by atoms with van der Waals surface area (Å²) in [7, 11) is 3.25. The number of rotatable bonds is 5. The van der Waals surface area contributed by atoms with Crippen molar-refractivity contribution in [2.24, 2.45) is 10.7 Å². The Morgan fingerprint density at radius 2 is 1.97 bits per heavy atom. The van der Waals surface area contributed by atoms with Gasteiger partial charge >= 0.3 is 6.08 Å². The minimum atomic E-state index is -0.383. The van der Waals surface area contributed by atoms with Crippen molar-refractivity contribution in [2.75, 3.05) is 51.8 Å². The number of piperazine rings is 1. The van der Waals surface area contributed by atoms with Crippen LogP contribution in [0.2, 0.25) is 5.02 Å². The average Bonchev–Trinajstić information content (AvgIpc) is 3.21. The molecule has 2 aliphatic rings. The second-order valence-electron chi connectivity index (χ2n) is 6.95. The predicted molar refractivity (Wildman–Crippen MR) is 111 cm³/mol. The van der Waals surface area contributed by atoms with Crippen molar-refractivity contribution in [1.29, 1.82) is 0 Å². The molecule has 2 aliphatic heterocycles. The number of hydrogen-bond donors (Lipinski definition) is 1. The normalized spacial score (nSPS) is 19.3. The summed E-state index contributed by atoms with van der Waals surface area (Å²) in [6.45, 7) is 2.31. The van der Waals surface area contributed by atoms with Gasteiger partial charge in [-0.05, 0) is 24.3 Å². The average molecular weight is 435 g/mol. The van der Waals surface area contributed by atoms with E-state index in [2.05, 4.69) is 14.9 Å². The van der Waals surface area contributed by atoms with Gasteiger partial charge < -0.3 is 24.5 Å². The van der Waals surface area contributed by atoms with Crippen LogP contribution in [0.15, 0.2) is 33.7 Å². The zero-order valence-electron chi connectivity index (χ0n) is 16.7. The number of aromatic nitrogens is 1. The largest absolute Gasteiger partial charge is 0.484 e. The lowest BCUT2D eigenvalue weighted by Crippen LogP contribution is -2.52. The third kappa shape index (κ3) is 4.01. The molecule has 2 N–H and O–H groups in total. The number of fused-ring (bicyclic) bond motifs is 1. The second kappa shape index (κ2) is 8.41. The summed E-state index contributed by atoms with van der Waals surface area (Å²) in [6, 6.07) is 6.92. The molecule has 1 unspecified atom stereocenters. The summed E-state index contributed by atoms with van der Waals surface area (Å²) >= 11 is 5.86. The van der Waals surface area contributed by atoms with Crippen LogP contribution in [0.25, 0.3) is 0 Å². The molecular weight excluding hydrogens is 412 g/mol. The van der Waals surface area contributed by atoms with Gasteiger partial charge in [0.15, 0.2) is 18.7 Å². The van der Waals surface area contributed by atoms with Crippen LogP contribution in [0, 0.1) is 0 Å². The van der Waals surface area contributed by atoms with Crippen molar-refractivity contribution in [3.63, 3.8) is 0 Å². The van der Waals surface area contributed by atoms with E-state index in [1.165, 1.54) is 7.11 Å². The minimum Gasteiger partial charge on any atom is -0.484 e. The summed E-state index contributed by atoms with van der Waals surface area (Å²) < 4.78 is 16.3. The Kier molecular flexibility index (Phi) is 5.69. The lowest BCUT2D eigenvalue weighted by atomic mass is 10.2. The first-order valence-corrected chi connectivity index (χ1v) is 9.86. The fourth-order valence-electron chi connectivity index (χ4n) is 3.41. The molecule has 2 aromatic rings. The molecule has 0 radical (unpaired) electrons. The first kappa shape index (κ1) is 20.3. The molecule has 1 aromatic heterocycles. The molecule has 1 aromatic carbocycles. The number of methoxy groups -OCH3 is 1. The molecule has 1 amide bonds. The Hall–Kier alpha value is -2.98. The molecule has 1 atom stereocenters. The minimum absolute atomic E-state index is 0.0222. The summed E-state index contributed by atoms with van der Waals surface area (Å²) in [4.78, 5) is 27.0. The Balaban J connectivity index is 1.36. The second-order valence-corrected chi connectivity index (χ2v) is 7.39. The van der Waals surface area contributed by atoms with Gasteiger partial charge in [-0.25, -0.2) is 4.99 Å². The molecule has 160 valence electrons. The number of carbonyl (C=O) groups excluding carboxylic acids is 1. The van der Waals surface area contributed by atoms with Gasteiger partial charge in [-0.2, -0.15) is 4.98 Å². The zero-order valence-corrected chi connectivity index (χ0v) is 17.5. The first-order valence-electron chi connectivity index (χ1n) is 9.48. The third-order valence-electron chi connectivity index (χ3n) is 5.13. The fourth-order valence-corrected chi connectivity index (χ4v) is 3.54. The van der Waals surface area contributed by atoms with Crippen molar-refractivity contribution >= 4 is 29.4 Å². The monoisotopic (exact) mass is 434 g/mol. The van der Waals surface area contributed by atoms with Crippen LogP contribution in [0.1, 0.15) is 11.9 Å². The molecule has 30 heavy (non-hydrogen) atoms. The van der Waals surface area contributed by atoms with E-state index in [-0.39, 0.29) is 24.8 Å². The van der Waals surface area contributed by atoms with Gasteiger partial charge in [-0.1, -0.05) is 11.6 Å². The zero-order chi connectivity index (χ0) is 21.3. The van der Waals surface area contributed by atoms with Crippen molar-refractivity contribution in [2.45, 2.75) is 6.17 Å². The van der Waals surface area contributed by atoms with Gasteiger partial charge in [0, 0.05) is 38.2 Å². The molecule has 3 heterocycles. The molecule has 4 rings (SSSR count). The van der Waals surface area contributed by atoms with E-state index in [9.17, 15) is 4.79 Å². The predicted octanol–water partition coefficient (Wildman–Crippen LogP) is 1.32. The molecule has 11 heteroatoms. The van der Waals surface area contributed by atoms with Gasteiger partial charge in [-0.15, -0.1) is 0 Å². The smallest absolute Gasteiger partial charge is 0.395 e. The Morgan fingerprint density at radius 1 is 1.27 bits per heavy atom. The first-order chi connectivity index (χ1) is 14.5. The van der Waals surface area contributed by atoms with Crippen LogP contribution < -0.4 is 20.1 Å². The summed E-state index contributed by atoms with van der Waals surface area (Å²) in [6.07, 6.45) is -0.221. The van der Waals surface area contributed by atoms with Crippen molar-refractivity contribution in [1.82, 2.24) is 14.8 Å². The van der Waals surface area contributed by atoms with E-state index < -0.39 is 0 Å². The number of ether oxygens (including phenoxy) is 2. The number of oxazole rings is 1. The molecular formula is C19H23ClN6O4. The van der Waals surface area contributed by atoms with E-state index >= 15 is 0 Å². The number of halogens is 1. The van der Waals surface area contributed by atoms with Crippen LogP contribution in [0.4, 0.5) is 5.88 Å². The van der Waals surface area contributed by atoms with Gasteiger partial charge in [0.25, 0.3) is 5.91 Å². The molecule has 1 saturated heterocycles. The Morgan fingerprint density at radius 3 is 2.63 bits per heavy atom. The van der Waals surface area contributed by atoms with Crippen LogP contribution in [0.5, 0.6) is 11.8 Å². The molecule has 0 bridgehead atoms. The molecule has 1 fully saturated rings. The molecule has 0 spiro atoms. The van der Waals surface area contributed by atoms with Crippen LogP contribution >= 0.6 is 11.6 Å². The number of aliphatic imine (C=N–C) groups is 1. The number of nitrogens with zero attached hydrogens (tertiary/aromatic N) is 5. The van der Waals surface area contributed by atoms with Crippen molar-refractivity contribution < 1.29 is 18.7 Å². The summed E-state index contributed by atoms with van der Waals surface area (Å²) in [5.41, 5.74) is 6.70. The van der Waals surface area contributed by atoms with E-state index in [0.717, 1.165) is 0 Å². The van der Waals surface area contributed by atoms with Gasteiger partial charge in [0.1, 0.15) is 11.4 Å². The lowest BCUT2D eigenvalue weighted by Gasteiger charge is -2.38. The quantitative estimate of drug-likeness (QED) is 0.750. The number of nitrogens with two attached hydrogens (primary N) is 1. The molecule has 10 nitrogen and oxygen atoms in total. The number of benzene rings is 1. The highest BCUT2D eigenvalue weighted by atomic mass is 35.5. The fraction of sp³-hybridized carbons (Fsp3) is 0.421. The number of guanidine groups is 1. The van der Waals surface area contributed by atoms with Gasteiger partial charge in [0.05, 0.1) is 7.11 Å². The maximum Gasteiger partial charge on any atom is 0.395 e. The standard InChI is InChI=1S/C19H23ClN6O4/c1-24-17-15(22-19(28-2)30-17)16(23-18(24)21)26-9-7-25(8-10-26)14(27)11-29-13-5-3-12(20)4-6-13/h3-6,16H,7-11H2,1-2H3,(H2,21,23). The van der Waals surface area contributed by atoms with E-state index in [4.69, 9.17) is 31.2 Å². The van der Waals surface area contributed by atoms with Gasteiger partial charge in [0.2, 0.25) is 5.88 Å². The summed E-state index contributed by atoms with van der Waals surface area (Å²) in [5.74, 6) is 1.38. The molecule has 0 saturated carbocycles. The maximum absolute atomic E-state index is 12.5. The van der Waals surface area contributed by atoms with Crippen LogP contribution in [-0.4, -0.2) is 73.6 Å². The number of carbonyl (C=O) groups is 1.